The molecule has 0 fully saturated rings. The van der Waals surface area contributed by atoms with Gasteiger partial charge in [0.05, 0.1) is 0 Å². The molecule has 0 saturated carbocycles. The summed E-state index contributed by atoms with van der Waals surface area (Å²) in [7, 11) is 1.91. The van der Waals surface area contributed by atoms with Gasteiger partial charge in [0.15, 0.2) is 5.82 Å². The predicted molar refractivity (Wildman–Crippen MR) is 79.5 cm³/mol. The maximum atomic E-state index is 4.32. The number of aromatic nitrogens is 3. The Hall–Kier alpha value is -1.68. The molecule has 4 heteroatoms. The summed E-state index contributed by atoms with van der Waals surface area (Å²) in [4.78, 5) is 4.27. The van der Waals surface area contributed by atoms with Gasteiger partial charge in [-0.25, -0.2) is 4.98 Å². The second-order valence-corrected chi connectivity index (χ2v) is 5.70. The largest absolute Gasteiger partial charge is 0.309 e. The maximum absolute atomic E-state index is 4.32. The van der Waals surface area contributed by atoms with E-state index in [9.17, 15) is 0 Å². The van der Waals surface area contributed by atoms with Gasteiger partial charge < -0.3 is 5.32 Å². The van der Waals surface area contributed by atoms with Gasteiger partial charge in [-0.05, 0) is 29.9 Å². The van der Waals surface area contributed by atoms with E-state index in [1.165, 1.54) is 24.0 Å². The van der Waals surface area contributed by atoms with Crippen LogP contribution in [0.2, 0.25) is 0 Å². The average molecular weight is 270 g/mol. The van der Waals surface area contributed by atoms with Gasteiger partial charge in [0.1, 0.15) is 6.33 Å². The lowest BCUT2D eigenvalue weighted by Gasteiger charge is -2.30. The number of rotatable bonds is 4. The number of benzene rings is 1. The molecule has 2 unspecified atom stereocenters. The van der Waals surface area contributed by atoms with E-state index in [-0.39, 0.29) is 0 Å². The Balaban J connectivity index is 1.62. The second kappa shape index (κ2) is 5.75. The fraction of sp³-hybridized carbons (Fsp3) is 0.500. The van der Waals surface area contributed by atoms with Gasteiger partial charge in [0.2, 0.25) is 0 Å². The first-order valence-electron chi connectivity index (χ1n) is 7.41. The lowest BCUT2D eigenvalue weighted by molar-refractivity contribution is 0.433. The Morgan fingerprint density at radius 1 is 1.25 bits per heavy atom. The molecule has 0 radical (unpaired) electrons. The lowest BCUT2D eigenvalue weighted by Crippen LogP contribution is -2.28. The summed E-state index contributed by atoms with van der Waals surface area (Å²) in [5, 5.41) is 7.98. The van der Waals surface area contributed by atoms with E-state index in [0.29, 0.717) is 12.0 Å². The van der Waals surface area contributed by atoms with Crippen LogP contribution in [0.15, 0.2) is 30.6 Å². The normalized spacial score (nSPS) is 21.7. The highest BCUT2D eigenvalue weighted by molar-refractivity contribution is 5.34. The van der Waals surface area contributed by atoms with Crippen LogP contribution in [0.4, 0.5) is 0 Å². The molecule has 3 rings (SSSR count). The molecule has 1 aliphatic rings. The standard InChI is InChI=1S/C16H22N4/c1-12-7-8-15(14-6-4-3-5-13(12)14)17-10-9-16-18-11-20(2)19-16/h3-6,11-12,15,17H,7-10H2,1-2H3. The number of fused-ring (bicyclic) bond motifs is 1. The third kappa shape index (κ3) is 2.75. The molecule has 106 valence electrons. The first-order valence-corrected chi connectivity index (χ1v) is 7.41. The molecule has 1 aromatic carbocycles. The van der Waals surface area contributed by atoms with Gasteiger partial charge in [-0.3, -0.25) is 4.68 Å². The van der Waals surface area contributed by atoms with Gasteiger partial charge in [-0.2, -0.15) is 5.10 Å². The SMILES string of the molecule is CC1CCC(NCCc2ncn(C)n2)c2ccccc21. The molecule has 1 N–H and O–H groups in total. The van der Waals surface area contributed by atoms with Crippen molar-refractivity contribution in [1.29, 1.82) is 0 Å². The van der Waals surface area contributed by atoms with Gasteiger partial charge in [0, 0.05) is 26.1 Å². The smallest absolute Gasteiger partial charge is 0.151 e. The quantitative estimate of drug-likeness (QED) is 0.928. The zero-order valence-corrected chi connectivity index (χ0v) is 12.2. The topological polar surface area (TPSA) is 42.7 Å². The average Bonchev–Trinajstić information content (AvgIpc) is 2.87. The summed E-state index contributed by atoms with van der Waals surface area (Å²) < 4.78 is 1.76. The van der Waals surface area contributed by atoms with Gasteiger partial charge >= 0.3 is 0 Å². The Kier molecular flexibility index (Phi) is 3.83. The zero-order valence-electron chi connectivity index (χ0n) is 12.2. The van der Waals surface area contributed by atoms with Crippen molar-refractivity contribution in [2.24, 2.45) is 7.05 Å². The van der Waals surface area contributed by atoms with E-state index >= 15 is 0 Å². The number of hydrogen-bond acceptors (Lipinski definition) is 3. The van der Waals surface area contributed by atoms with Gasteiger partial charge in [0.25, 0.3) is 0 Å². The van der Waals surface area contributed by atoms with Crippen molar-refractivity contribution in [2.75, 3.05) is 6.54 Å². The molecule has 1 aliphatic carbocycles. The zero-order chi connectivity index (χ0) is 13.9. The molecular formula is C16H22N4. The van der Waals surface area contributed by atoms with Crippen LogP contribution in [0.5, 0.6) is 0 Å². The van der Waals surface area contributed by atoms with Crippen LogP contribution < -0.4 is 5.32 Å². The second-order valence-electron chi connectivity index (χ2n) is 5.70. The van der Waals surface area contributed by atoms with Crippen molar-refractivity contribution in [1.82, 2.24) is 20.1 Å². The number of hydrogen-bond donors (Lipinski definition) is 1. The fourth-order valence-corrected chi connectivity index (χ4v) is 3.07. The molecule has 1 heterocycles. The molecule has 0 spiro atoms. The van der Waals surface area contributed by atoms with Gasteiger partial charge in [-0.15, -0.1) is 0 Å². The molecular weight excluding hydrogens is 248 g/mol. The van der Waals surface area contributed by atoms with Crippen molar-refractivity contribution in [3.63, 3.8) is 0 Å². The van der Waals surface area contributed by atoms with E-state index in [0.717, 1.165) is 18.8 Å². The minimum atomic E-state index is 0.478. The number of nitrogens with zero attached hydrogens (tertiary/aromatic N) is 3. The molecule has 4 nitrogen and oxygen atoms in total. The molecule has 0 amide bonds. The molecule has 20 heavy (non-hydrogen) atoms. The van der Waals surface area contributed by atoms with Crippen molar-refractivity contribution in [2.45, 2.75) is 38.1 Å². The van der Waals surface area contributed by atoms with Crippen LogP contribution in [0, 0.1) is 0 Å². The Morgan fingerprint density at radius 3 is 2.80 bits per heavy atom. The Labute approximate surface area is 120 Å². The van der Waals surface area contributed by atoms with Crippen molar-refractivity contribution < 1.29 is 0 Å². The van der Waals surface area contributed by atoms with Crippen LogP contribution in [0.1, 0.15) is 48.7 Å². The summed E-state index contributed by atoms with van der Waals surface area (Å²) in [6.07, 6.45) is 5.12. The van der Waals surface area contributed by atoms with E-state index in [4.69, 9.17) is 0 Å². The highest BCUT2D eigenvalue weighted by Crippen LogP contribution is 2.36. The first-order chi connectivity index (χ1) is 9.74. The van der Waals surface area contributed by atoms with Crippen LogP contribution in [-0.2, 0) is 13.5 Å². The molecule has 2 aromatic rings. The van der Waals surface area contributed by atoms with Crippen molar-refractivity contribution in [3.05, 3.63) is 47.5 Å². The molecule has 2 atom stereocenters. The van der Waals surface area contributed by atoms with E-state index in [1.54, 1.807) is 11.0 Å². The van der Waals surface area contributed by atoms with E-state index < -0.39 is 0 Å². The monoisotopic (exact) mass is 270 g/mol. The molecule has 1 aromatic heterocycles. The van der Waals surface area contributed by atoms with Crippen LogP contribution in [0.3, 0.4) is 0 Å². The third-order valence-corrected chi connectivity index (χ3v) is 4.18. The summed E-state index contributed by atoms with van der Waals surface area (Å²) in [5.74, 6) is 1.60. The minimum Gasteiger partial charge on any atom is -0.309 e. The number of nitrogens with one attached hydrogen (secondary N) is 1. The van der Waals surface area contributed by atoms with Crippen LogP contribution >= 0.6 is 0 Å². The summed E-state index contributed by atoms with van der Waals surface area (Å²) in [6.45, 7) is 3.25. The lowest BCUT2D eigenvalue weighted by atomic mass is 9.81. The van der Waals surface area contributed by atoms with E-state index in [2.05, 4.69) is 46.6 Å². The highest BCUT2D eigenvalue weighted by Gasteiger charge is 2.23. The third-order valence-electron chi connectivity index (χ3n) is 4.18. The van der Waals surface area contributed by atoms with Crippen LogP contribution in [0.25, 0.3) is 0 Å². The van der Waals surface area contributed by atoms with E-state index in [1.807, 2.05) is 7.05 Å². The minimum absolute atomic E-state index is 0.478. The maximum Gasteiger partial charge on any atom is 0.151 e. The first kappa shape index (κ1) is 13.3. The summed E-state index contributed by atoms with van der Waals surface area (Å²) in [6, 6.07) is 9.31. The van der Waals surface area contributed by atoms with Gasteiger partial charge in [-0.1, -0.05) is 31.2 Å². The molecule has 0 saturated heterocycles. The van der Waals surface area contributed by atoms with Crippen molar-refractivity contribution in [3.8, 4) is 0 Å². The summed E-state index contributed by atoms with van der Waals surface area (Å²) >= 11 is 0. The number of aryl methyl sites for hydroxylation is 1. The molecule has 0 aliphatic heterocycles. The molecule has 0 bridgehead atoms. The van der Waals surface area contributed by atoms with Crippen molar-refractivity contribution >= 4 is 0 Å². The Morgan fingerprint density at radius 2 is 2.05 bits per heavy atom. The summed E-state index contributed by atoms with van der Waals surface area (Å²) in [5.41, 5.74) is 2.98. The fourth-order valence-electron chi connectivity index (χ4n) is 3.07. The Bertz CT molecular complexity index is 575. The highest BCUT2D eigenvalue weighted by atomic mass is 15.3. The predicted octanol–water partition coefficient (Wildman–Crippen LogP) is 2.59. The van der Waals surface area contributed by atoms with Crippen LogP contribution in [-0.4, -0.2) is 21.3 Å².